The highest BCUT2D eigenvalue weighted by molar-refractivity contribution is 7.15. The maximum atomic E-state index is 12.6. The molecule has 1 aromatic heterocycles. The van der Waals surface area contributed by atoms with Crippen molar-refractivity contribution in [2.75, 3.05) is 19.0 Å². The minimum absolute atomic E-state index is 0.137. The first kappa shape index (κ1) is 20.9. The van der Waals surface area contributed by atoms with Crippen LogP contribution in [0.2, 0.25) is 0 Å². The molecule has 160 valence electrons. The molecule has 1 atom stereocenters. The van der Waals surface area contributed by atoms with Crippen LogP contribution in [0.5, 0.6) is 11.5 Å². The topological polar surface area (TPSA) is 84.9 Å². The van der Waals surface area contributed by atoms with Crippen LogP contribution in [-0.4, -0.2) is 30.7 Å². The predicted molar refractivity (Wildman–Crippen MR) is 121 cm³/mol. The molecule has 0 aliphatic carbocycles. The number of carbonyl (C=O) groups is 2. The van der Waals surface area contributed by atoms with Gasteiger partial charge in [0.1, 0.15) is 16.4 Å². The monoisotopic (exact) mass is 437 g/mol. The van der Waals surface area contributed by atoms with Crippen molar-refractivity contribution in [1.82, 2.24) is 0 Å². The number of benzene rings is 2. The van der Waals surface area contributed by atoms with E-state index in [0.29, 0.717) is 23.6 Å². The van der Waals surface area contributed by atoms with Crippen molar-refractivity contribution in [1.29, 1.82) is 0 Å². The van der Waals surface area contributed by atoms with Crippen molar-refractivity contribution in [2.24, 2.45) is 0 Å². The molecule has 1 aliphatic heterocycles. The highest BCUT2D eigenvalue weighted by Crippen LogP contribution is 2.49. The third kappa shape index (κ3) is 4.14. The molecule has 0 spiro atoms. The van der Waals surface area contributed by atoms with Crippen LogP contribution in [0.1, 0.15) is 45.8 Å². The molecule has 0 saturated carbocycles. The molecule has 3 aromatic rings. The Hall–Kier alpha value is -3.32. The SMILES string of the molecule is CCCOc1cccc([C@@H]2CC(=O)Nc3c2sc(C(=O)O)c3-c2ccc(OC)cc2)c1. The molecule has 6 nitrogen and oxygen atoms in total. The van der Waals surface area contributed by atoms with Crippen molar-refractivity contribution in [3.05, 3.63) is 63.8 Å². The van der Waals surface area contributed by atoms with Crippen LogP contribution >= 0.6 is 11.3 Å². The van der Waals surface area contributed by atoms with Crippen molar-refractivity contribution in [3.8, 4) is 22.6 Å². The Morgan fingerprint density at radius 2 is 1.97 bits per heavy atom. The second-order valence-corrected chi connectivity index (χ2v) is 8.36. The molecule has 4 rings (SSSR count). The van der Waals surface area contributed by atoms with Gasteiger partial charge in [-0.15, -0.1) is 11.3 Å². The first-order chi connectivity index (χ1) is 15.0. The molecule has 0 radical (unpaired) electrons. The molecule has 2 N–H and O–H groups in total. The Labute approximate surface area is 184 Å². The molecular formula is C24H23NO5S. The molecule has 1 amide bonds. The van der Waals surface area contributed by atoms with E-state index < -0.39 is 5.97 Å². The van der Waals surface area contributed by atoms with Gasteiger partial charge in [0.05, 0.1) is 19.4 Å². The van der Waals surface area contributed by atoms with Crippen molar-refractivity contribution < 1.29 is 24.2 Å². The van der Waals surface area contributed by atoms with E-state index in [1.165, 1.54) is 11.3 Å². The third-order valence-corrected chi connectivity index (χ3v) is 6.50. The lowest BCUT2D eigenvalue weighted by atomic mass is 9.88. The number of ether oxygens (including phenoxy) is 2. The van der Waals surface area contributed by atoms with Crippen LogP contribution in [0.15, 0.2) is 48.5 Å². The molecule has 0 unspecified atom stereocenters. The zero-order valence-electron chi connectivity index (χ0n) is 17.3. The number of aromatic carboxylic acids is 1. The van der Waals surface area contributed by atoms with Crippen LogP contribution in [-0.2, 0) is 4.79 Å². The fourth-order valence-electron chi connectivity index (χ4n) is 3.78. The molecule has 2 aromatic carbocycles. The lowest BCUT2D eigenvalue weighted by Crippen LogP contribution is -2.22. The summed E-state index contributed by atoms with van der Waals surface area (Å²) in [5.41, 5.74) is 2.76. The first-order valence-electron chi connectivity index (χ1n) is 10.1. The molecule has 2 heterocycles. The van der Waals surface area contributed by atoms with Gasteiger partial charge in [-0.05, 0) is 41.8 Å². The van der Waals surface area contributed by atoms with Gasteiger partial charge in [-0.2, -0.15) is 0 Å². The summed E-state index contributed by atoms with van der Waals surface area (Å²) in [4.78, 5) is 25.8. The Morgan fingerprint density at radius 3 is 2.65 bits per heavy atom. The van der Waals surface area contributed by atoms with E-state index in [-0.39, 0.29) is 23.1 Å². The number of nitrogens with one attached hydrogen (secondary N) is 1. The van der Waals surface area contributed by atoms with Gasteiger partial charge in [-0.1, -0.05) is 31.2 Å². The number of carbonyl (C=O) groups excluding carboxylic acids is 1. The predicted octanol–water partition coefficient (Wildman–Crippen LogP) is 5.38. The minimum Gasteiger partial charge on any atom is -0.497 e. The van der Waals surface area contributed by atoms with Gasteiger partial charge in [-0.3, -0.25) is 4.79 Å². The molecule has 1 aliphatic rings. The molecular weight excluding hydrogens is 414 g/mol. The number of fused-ring (bicyclic) bond motifs is 1. The normalized spacial score (nSPS) is 15.2. The van der Waals surface area contributed by atoms with Crippen LogP contribution in [0.3, 0.4) is 0 Å². The number of carboxylic acids is 1. The lowest BCUT2D eigenvalue weighted by Gasteiger charge is -2.24. The Kier molecular flexibility index (Phi) is 5.95. The van der Waals surface area contributed by atoms with Gasteiger partial charge in [0.25, 0.3) is 0 Å². The highest BCUT2D eigenvalue weighted by atomic mass is 32.1. The van der Waals surface area contributed by atoms with E-state index in [0.717, 1.165) is 28.2 Å². The number of rotatable bonds is 7. The van der Waals surface area contributed by atoms with Crippen LogP contribution in [0.25, 0.3) is 11.1 Å². The summed E-state index contributed by atoms with van der Waals surface area (Å²) in [5, 5.41) is 12.8. The van der Waals surface area contributed by atoms with E-state index in [1.54, 1.807) is 19.2 Å². The van der Waals surface area contributed by atoms with Gasteiger partial charge in [-0.25, -0.2) is 4.79 Å². The average Bonchev–Trinajstić information content (AvgIpc) is 3.17. The number of carboxylic acid groups (broad SMARTS) is 1. The summed E-state index contributed by atoms with van der Waals surface area (Å²) < 4.78 is 11.0. The Balaban J connectivity index is 1.83. The first-order valence-corrected chi connectivity index (χ1v) is 10.9. The zero-order chi connectivity index (χ0) is 22.0. The molecule has 0 saturated heterocycles. The summed E-state index contributed by atoms with van der Waals surface area (Å²) in [6, 6.07) is 14.9. The number of thiophene rings is 1. The number of amides is 1. The van der Waals surface area contributed by atoms with E-state index in [4.69, 9.17) is 9.47 Å². The Morgan fingerprint density at radius 1 is 1.19 bits per heavy atom. The highest BCUT2D eigenvalue weighted by Gasteiger charge is 2.34. The molecule has 31 heavy (non-hydrogen) atoms. The second-order valence-electron chi connectivity index (χ2n) is 7.30. The van der Waals surface area contributed by atoms with Crippen molar-refractivity contribution in [2.45, 2.75) is 25.7 Å². The molecule has 7 heteroatoms. The van der Waals surface area contributed by atoms with Crippen LogP contribution < -0.4 is 14.8 Å². The smallest absolute Gasteiger partial charge is 0.346 e. The maximum Gasteiger partial charge on any atom is 0.346 e. The number of hydrogen-bond donors (Lipinski definition) is 2. The van der Waals surface area contributed by atoms with E-state index in [1.807, 2.05) is 43.3 Å². The summed E-state index contributed by atoms with van der Waals surface area (Å²) in [7, 11) is 1.58. The average molecular weight is 438 g/mol. The summed E-state index contributed by atoms with van der Waals surface area (Å²) in [6.45, 7) is 2.66. The van der Waals surface area contributed by atoms with E-state index >= 15 is 0 Å². The maximum absolute atomic E-state index is 12.6. The molecule has 0 fully saturated rings. The van der Waals surface area contributed by atoms with E-state index in [2.05, 4.69) is 5.32 Å². The quantitative estimate of drug-likeness (QED) is 0.518. The van der Waals surface area contributed by atoms with Gasteiger partial charge in [0.15, 0.2) is 0 Å². The third-order valence-electron chi connectivity index (χ3n) is 5.21. The number of methoxy groups -OCH3 is 1. The summed E-state index contributed by atoms with van der Waals surface area (Å²) in [5.74, 6) is 0.0388. The van der Waals surface area contributed by atoms with Gasteiger partial charge >= 0.3 is 5.97 Å². The van der Waals surface area contributed by atoms with Gasteiger partial charge < -0.3 is 19.9 Å². The minimum atomic E-state index is -1.02. The van der Waals surface area contributed by atoms with Crippen LogP contribution in [0, 0.1) is 0 Å². The molecule has 0 bridgehead atoms. The Bertz CT molecular complexity index is 1120. The van der Waals surface area contributed by atoms with Crippen molar-refractivity contribution >= 4 is 28.9 Å². The fourth-order valence-corrected chi connectivity index (χ4v) is 5.03. The van der Waals surface area contributed by atoms with E-state index in [9.17, 15) is 14.7 Å². The largest absolute Gasteiger partial charge is 0.497 e. The lowest BCUT2D eigenvalue weighted by molar-refractivity contribution is -0.116. The number of hydrogen-bond acceptors (Lipinski definition) is 5. The number of anilines is 1. The standard InChI is InChI=1S/C24H23NO5S/c1-3-11-30-17-6-4-5-15(12-17)18-13-19(26)25-21-20(23(24(27)28)31-22(18)21)14-7-9-16(29-2)10-8-14/h4-10,12,18H,3,11,13H2,1-2H3,(H,25,26)(H,27,28)/t18-/m0/s1. The fraction of sp³-hybridized carbons (Fsp3) is 0.250. The van der Waals surface area contributed by atoms with Gasteiger partial charge in [0, 0.05) is 22.8 Å². The van der Waals surface area contributed by atoms with Gasteiger partial charge in [0.2, 0.25) is 5.91 Å². The summed E-state index contributed by atoms with van der Waals surface area (Å²) in [6.07, 6.45) is 1.16. The van der Waals surface area contributed by atoms with Crippen molar-refractivity contribution in [3.63, 3.8) is 0 Å². The second kappa shape index (κ2) is 8.81. The van der Waals surface area contributed by atoms with Crippen LogP contribution in [0.4, 0.5) is 5.69 Å². The summed E-state index contributed by atoms with van der Waals surface area (Å²) >= 11 is 1.22. The zero-order valence-corrected chi connectivity index (χ0v) is 18.1.